The summed E-state index contributed by atoms with van der Waals surface area (Å²) in [6.07, 6.45) is -0.633. The van der Waals surface area contributed by atoms with Crippen LogP contribution in [0.25, 0.3) is 22.6 Å². The molecule has 3 aromatic rings. The average Bonchev–Trinajstić information content (AvgIpc) is 3.20. The van der Waals surface area contributed by atoms with E-state index in [0.717, 1.165) is 34.9 Å². The molecule has 1 aromatic carbocycles. The minimum absolute atomic E-state index is 0.146. The van der Waals surface area contributed by atoms with E-state index >= 15 is 0 Å². The van der Waals surface area contributed by atoms with Crippen molar-refractivity contribution in [3.05, 3.63) is 40.2 Å². The number of hydrogen-bond acceptors (Lipinski definition) is 9. The smallest absolute Gasteiger partial charge is 0.163 e. The summed E-state index contributed by atoms with van der Waals surface area (Å²) in [5.41, 5.74) is 3.90. The lowest BCUT2D eigenvalue weighted by Crippen LogP contribution is -2.29. The number of benzene rings is 1. The summed E-state index contributed by atoms with van der Waals surface area (Å²) in [7, 11) is 1.78. The van der Waals surface area contributed by atoms with Crippen LogP contribution in [0.3, 0.4) is 0 Å². The Labute approximate surface area is 217 Å². The number of aliphatic hydroxyl groups is 1. The van der Waals surface area contributed by atoms with Gasteiger partial charge in [0.15, 0.2) is 5.82 Å². The molecule has 0 saturated carbocycles. The maximum atomic E-state index is 10.0. The van der Waals surface area contributed by atoms with Crippen molar-refractivity contribution < 1.29 is 19.1 Å². The van der Waals surface area contributed by atoms with Crippen molar-refractivity contribution in [3.63, 3.8) is 0 Å². The Bertz CT molecular complexity index is 1130. The van der Waals surface area contributed by atoms with Gasteiger partial charge in [0.05, 0.1) is 28.6 Å². The molecule has 0 saturated heterocycles. The van der Waals surface area contributed by atoms with Crippen molar-refractivity contribution in [1.29, 1.82) is 0 Å². The van der Waals surface area contributed by atoms with Gasteiger partial charge in [-0.25, -0.2) is 9.97 Å². The average molecular weight is 518 g/mol. The zero-order valence-electron chi connectivity index (χ0n) is 21.9. The monoisotopic (exact) mass is 517 g/mol. The lowest BCUT2D eigenvalue weighted by Gasteiger charge is -2.25. The van der Waals surface area contributed by atoms with Crippen molar-refractivity contribution in [2.24, 2.45) is 0 Å². The van der Waals surface area contributed by atoms with Crippen LogP contribution in [-0.4, -0.2) is 72.8 Å². The molecule has 196 valence electrons. The molecule has 2 heterocycles. The van der Waals surface area contributed by atoms with Crippen LogP contribution in [0, 0.1) is 20.8 Å². The number of nitrogens with one attached hydrogen (secondary N) is 1. The molecule has 9 nitrogen and oxygen atoms in total. The van der Waals surface area contributed by atoms with E-state index in [1.165, 1.54) is 0 Å². The molecule has 0 spiro atoms. The van der Waals surface area contributed by atoms with Gasteiger partial charge in [-0.1, -0.05) is 16.8 Å². The third-order valence-corrected chi connectivity index (χ3v) is 6.17. The molecule has 1 atom stereocenters. The van der Waals surface area contributed by atoms with Crippen molar-refractivity contribution in [2.75, 3.05) is 51.4 Å². The molecule has 0 radical (unpaired) electrons. The predicted octanol–water partition coefficient (Wildman–Crippen LogP) is 4.20. The highest BCUT2D eigenvalue weighted by molar-refractivity contribution is 6.33. The number of halogens is 1. The predicted molar refractivity (Wildman–Crippen MR) is 142 cm³/mol. The number of hydrogen-bond donors (Lipinski definition) is 2. The second-order valence-electron chi connectivity index (χ2n) is 8.48. The molecule has 0 aliphatic heterocycles. The lowest BCUT2D eigenvalue weighted by molar-refractivity contribution is 0.108. The molecule has 36 heavy (non-hydrogen) atoms. The Morgan fingerprint density at radius 2 is 1.97 bits per heavy atom. The third-order valence-electron chi connectivity index (χ3n) is 5.84. The SMILES string of the molecule is CCOCCN(CC)c1nc(-c2cc(OC[C@H](O)CNC)ccc2Cl)nc(-c2c(C)noc2C)c1C. The van der Waals surface area contributed by atoms with E-state index in [-0.39, 0.29) is 6.61 Å². The first-order valence-corrected chi connectivity index (χ1v) is 12.6. The van der Waals surface area contributed by atoms with Gasteiger partial charge < -0.3 is 29.3 Å². The normalized spacial score (nSPS) is 12.1. The summed E-state index contributed by atoms with van der Waals surface area (Å²) < 4.78 is 16.9. The van der Waals surface area contributed by atoms with Gasteiger partial charge in [0.25, 0.3) is 0 Å². The minimum atomic E-state index is -0.633. The van der Waals surface area contributed by atoms with Crippen LogP contribution in [0.15, 0.2) is 22.7 Å². The summed E-state index contributed by atoms with van der Waals surface area (Å²) in [6, 6.07) is 5.32. The van der Waals surface area contributed by atoms with Crippen LogP contribution in [0.1, 0.15) is 30.9 Å². The van der Waals surface area contributed by atoms with Crippen LogP contribution in [0.4, 0.5) is 5.82 Å². The Morgan fingerprint density at radius 3 is 2.61 bits per heavy atom. The van der Waals surface area contributed by atoms with Gasteiger partial charge in [-0.15, -0.1) is 0 Å². The largest absolute Gasteiger partial charge is 0.491 e. The van der Waals surface area contributed by atoms with Crippen LogP contribution in [-0.2, 0) is 4.74 Å². The molecule has 2 aromatic heterocycles. The molecule has 3 rings (SSSR count). The Hall–Kier alpha value is -2.72. The lowest BCUT2D eigenvalue weighted by atomic mass is 10.0. The summed E-state index contributed by atoms with van der Waals surface area (Å²) in [6.45, 7) is 13.1. The second kappa shape index (κ2) is 13.0. The zero-order chi connectivity index (χ0) is 26.2. The zero-order valence-corrected chi connectivity index (χ0v) is 22.6. The van der Waals surface area contributed by atoms with E-state index in [4.69, 9.17) is 35.6 Å². The Morgan fingerprint density at radius 1 is 1.19 bits per heavy atom. The van der Waals surface area contributed by atoms with Gasteiger partial charge in [-0.2, -0.15) is 0 Å². The van der Waals surface area contributed by atoms with E-state index in [0.29, 0.717) is 54.2 Å². The quantitative estimate of drug-likeness (QED) is 0.322. The number of ether oxygens (including phenoxy) is 2. The minimum Gasteiger partial charge on any atom is -0.491 e. The number of aryl methyl sites for hydroxylation is 2. The number of aromatic nitrogens is 3. The van der Waals surface area contributed by atoms with Crippen molar-refractivity contribution in [1.82, 2.24) is 20.4 Å². The summed E-state index contributed by atoms with van der Waals surface area (Å²) in [4.78, 5) is 12.1. The first-order valence-electron chi connectivity index (χ1n) is 12.2. The van der Waals surface area contributed by atoms with Crippen LogP contribution in [0.5, 0.6) is 5.75 Å². The number of anilines is 1. The topological polar surface area (TPSA) is 106 Å². The van der Waals surface area contributed by atoms with E-state index < -0.39 is 6.10 Å². The fourth-order valence-electron chi connectivity index (χ4n) is 3.98. The maximum absolute atomic E-state index is 10.0. The molecule has 0 amide bonds. The Kier molecular flexibility index (Phi) is 10.1. The fourth-order valence-corrected chi connectivity index (χ4v) is 4.19. The molecular formula is C26H36ClN5O4. The highest BCUT2D eigenvalue weighted by Gasteiger charge is 2.23. The van der Waals surface area contributed by atoms with Crippen molar-refractivity contribution >= 4 is 17.4 Å². The summed E-state index contributed by atoms with van der Waals surface area (Å²) in [5, 5.41) is 17.6. The van der Waals surface area contributed by atoms with E-state index in [2.05, 4.69) is 22.3 Å². The fraction of sp³-hybridized carbons (Fsp3) is 0.500. The molecule has 0 bridgehead atoms. The van der Waals surface area contributed by atoms with E-state index in [1.807, 2.05) is 27.7 Å². The molecule has 0 aliphatic rings. The molecule has 0 unspecified atom stereocenters. The highest BCUT2D eigenvalue weighted by Crippen LogP contribution is 2.37. The molecule has 0 fully saturated rings. The first-order chi connectivity index (χ1) is 17.3. The third kappa shape index (κ3) is 6.53. The number of nitrogens with zero attached hydrogens (tertiary/aromatic N) is 4. The second-order valence-corrected chi connectivity index (χ2v) is 8.89. The van der Waals surface area contributed by atoms with E-state index in [1.54, 1.807) is 25.2 Å². The van der Waals surface area contributed by atoms with Gasteiger partial charge in [0.2, 0.25) is 0 Å². The van der Waals surface area contributed by atoms with Crippen LogP contribution in [0.2, 0.25) is 5.02 Å². The van der Waals surface area contributed by atoms with Gasteiger partial charge in [0.1, 0.15) is 30.0 Å². The van der Waals surface area contributed by atoms with Gasteiger partial charge >= 0.3 is 0 Å². The van der Waals surface area contributed by atoms with Crippen LogP contribution < -0.4 is 15.0 Å². The summed E-state index contributed by atoms with van der Waals surface area (Å²) >= 11 is 6.63. The number of likely N-dealkylation sites (N-methyl/N-ethyl adjacent to an activating group) is 2. The molecule has 10 heteroatoms. The number of aliphatic hydroxyl groups excluding tert-OH is 1. The molecular weight excluding hydrogens is 482 g/mol. The van der Waals surface area contributed by atoms with Gasteiger partial charge in [-0.05, 0) is 59.9 Å². The standard InChI is InChI=1S/C26H36ClN5O4/c1-7-32(11-12-34-8-2)26-16(3)24(23-17(4)31-36-18(23)5)29-25(30-26)21-13-20(9-10-22(21)27)35-15-19(33)14-28-6/h9-10,13,19,28,33H,7-8,11-12,14-15H2,1-6H3/t19-/m1/s1. The van der Waals surface area contributed by atoms with E-state index in [9.17, 15) is 5.11 Å². The van der Waals surface area contributed by atoms with Crippen molar-refractivity contribution in [3.8, 4) is 28.4 Å². The van der Waals surface area contributed by atoms with Gasteiger partial charge in [-0.3, -0.25) is 0 Å². The molecule has 2 N–H and O–H groups in total. The maximum Gasteiger partial charge on any atom is 0.163 e. The summed E-state index contributed by atoms with van der Waals surface area (Å²) in [5.74, 6) is 2.51. The van der Waals surface area contributed by atoms with Gasteiger partial charge in [0, 0.05) is 37.4 Å². The van der Waals surface area contributed by atoms with Crippen molar-refractivity contribution in [2.45, 2.75) is 40.7 Å². The Balaban J connectivity index is 2.11. The first kappa shape index (κ1) is 27.9. The molecule has 0 aliphatic carbocycles. The van der Waals surface area contributed by atoms with Crippen LogP contribution >= 0.6 is 11.6 Å². The number of rotatable bonds is 13. The highest BCUT2D eigenvalue weighted by atomic mass is 35.5.